The van der Waals surface area contributed by atoms with Crippen LogP contribution in [0.25, 0.3) is 0 Å². The maximum atomic E-state index is 13.4. The zero-order chi connectivity index (χ0) is 13.2. The van der Waals surface area contributed by atoms with Gasteiger partial charge < -0.3 is 5.73 Å². The first kappa shape index (κ1) is 14.0. The number of nitrogens with two attached hydrogens (primary N) is 1. The summed E-state index contributed by atoms with van der Waals surface area (Å²) in [7, 11) is 0. The lowest BCUT2D eigenvalue weighted by molar-refractivity contribution is 0.300. The lowest BCUT2D eigenvalue weighted by atomic mass is 9.69. The first-order valence-electron chi connectivity index (χ1n) is 6.73. The van der Waals surface area contributed by atoms with Crippen molar-refractivity contribution in [3.63, 3.8) is 0 Å². The molecule has 1 saturated carbocycles. The summed E-state index contributed by atoms with van der Waals surface area (Å²) in [6.07, 6.45) is 5.17. The molecule has 0 spiro atoms. The molecular formula is C15H21BrFN. The SMILES string of the molecule is CC(F)c1ccc(C2(CN)CCCCC2)cc1Br. The molecule has 1 fully saturated rings. The minimum absolute atomic E-state index is 0.110. The van der Waals surface area contributed by atoms with Gasteiger partial charge in [0.25, 0.3) is 0 Å². The number of hydrogen-bond donors (Lipinski definition) is 1. The van der Waals surface area contributed by atoms with Crippen molar-refractivity contribution in [2.24, 2.45) is 5.73 Å². The highest BCUT2D eigenvalue weighted by Crippen LogP contribution is 2.40. The molecule has 0 heterocycles. The predicted molar refractivity (Wildman–Crippen MR) is 77.5 cm³/mol. The molecule has 100 valence electrons. The monoisotopic (exact) mass is 313 g/mol. The van der Waals surface area contributed by atoms with Crippen molar-refractivity contribution in [1.82, 2.24) is 0 Å². The van der Waals surface area contributed by atoms with E-state index in [2.05, 4.69) is 28.1 Å². The summed E-state index contributed by atoms with van der Waals surface area (Å²) in [6.45, 7) is 2.25. The Morgan fingerprint density at radius 3 is 2.50 bits per heavy atom. The predicted octanol–water partition coefficient (Wildman–Crippen LogP) is 4.64. The van der Waals surface area contributed by atoms with Gasteiger partial charge >= 0.3 is 0 Å². The van der Waals surface area contributed by atoms with Gasteiger partial charge in [-0.15, -0.1) is 0 Å². The Bertz CT molecular complexity index is 411. The number of hydrogen-bond acceptors (Lipinski definition) is 1. The van der Waals surface area contributed by atoms with Crippen molar-refractivity contribution in [2.45, 2.75) is 50.6 Å². The quantitative estimate of drug-likeness (QED) is 0.864. The van der Waals surface area contributed by atoms with E-state index in [9.17, 15) is 4.39 Å². The van der Waals surface area contributed by atoms with Gasteiger partial charge in [0.2, 0.25) is 0 Å². The van der Waals surface area contributed by atoms with Crippen molar-refractivity contribution in [2.75, 3.05) is 6.54 Å². The molecule has 0 saturated heterocycles. The molecule has 1 aliphatic carbocycles. The van der Waals surface area contributed by atoms with Crippen molar-refractivity contribution < 1.29 is 4.39 Å². The van der Waals surface area contributed by atoms with Crippen LogP contribution < -0.4 is 5.73 Å². The van der Waals surface area contributed by atoms with Gasteiger partial charge in [-0.2, -0.15) is 0 Å². The standard InChI is InChI=1S/C15H21BrFN/c1-11(17)13-6-5-12(9-14(13)16)15(10-18)7-3-2-4-8-15/h5-6,9,11H,2-4,7-8,10,18H2,1H3. The van der Waals surface area contributed by atoms with Crippen LogP contribution in [0.3, 0.4) is 0 Å². The van der Waals surface area contributed by atoms with Gasteiger partial charge in [-0.25, -0.2) is 4.39 Å². The fraction of sp³-hybridized carbons (Fsp3) is 0.600. The molecular weight excluding hydrogens is 293 g/mol. The Labute approximate surface area is 117 Å². The van der Waals surface area contributed by atoms with Crippen molar-refractivity contribution in [3.8, 4) is 0 Å². The minimum Gasteiger partial charge on any atom is -0.330 e. The summed E-state index contributed by atoms with van der Waals surface area (Å²) in [6, 6.07) is 6.04. The number of alkyl halides is 1. The van der Waals surface area contributed by atoms with Gasteiger partial charge in [-0.1, -0.05) is 47.3 Å². The van der Waals surface area contributed by atoms with Gasteiger partial charge in [-0.05, 0) is 37.0 Å². The van der Waals surface area contributed by atoms with E-state index in [1.807, 2.05) is 6.07 Å². The second kappa shape index (κ2) is 5.70. The van der Waals surface area contributed by atoms with Crippen molar-refractivity contribution >= 4 is 15.9 Å². The molecule has 2 rings (SSSR count). The highest BCUT2D eigenvalue weighted by atomic mass is 79.9. The van der Waals surface area contributed by atoms with E-state index in [0.29, 0.717) is 6.54 Å². The number of benzene rings is 1. The summed E-state index contributed by atoms with van der Waals surface area (Å²) in [5.74, 6) is 0. The molecule has 0 bridgehead atoms. The molecule has 1 unspecified atom stereocenters. The molecule has 0 amide bonds. The van der Waals surface area contributed by atoms with Gasteiger partial charge in [-0.3, -0.25) is 0 Å². The van der Waals surface area contributed by atoms with Crippen LogP contribution in [-0.4, -0.2) is 6.54 Å². The highest BCUT2D eigenvalue weighted by molar-refractivity contribution is 9.10. The van der Waals surface area contributed by atoms with E-state index in [4.69, 9.17) is 5.73 Å². The zero-order valence-electron chi connectivity index (χ0n) is 10.9. The maximum Gasteiger partial charge on any atom is 0.123 e. The maximum absolute atomic E-state index is 13.4. The molecule has 0 aliphatic heterocycles. The van der Waals surface area contributed by atoms with Crippen LogP contribution in [-0.2, 0) is 5.41 Å². The molecule has 0 aromatic heterocycles. The fourth-order valence-electron chi connectivity index (χ4n) is 3.02. The van der Waals surface area contributed by atoms with E-state index >= 15 is 0 Å². The largest absolute Gasteiger partial charge is 0.330 e. The molecule has 1 aromatic carbocycles. The average Bonchev–Trinajstić information content (AvgIpc) is 2.39. The summed E-state index contributed by atoms with van der Waals surface area (Å²) >= 11 is 3.49. The van der Waals surface area contributed by atoms with Crippen LogP contribution >= 0.6 is 15.9 Å². The van der Waals surface area contributed by atoms with Gasteiger partial charge in [0.05, 0.1) is 0 Å². The van der Waals surface area contributed by atoms with Crippen LogP contribution in [0.5, 0.6) is 0 Å². The summed E-state index contributed by atoms with van der Waals surface area (Å²) in [4.78, 5) is 0. The average molecular weight is 314 g/mol. The zero-order valence-corrected chi connectivity index (χ0v) is 12.5. The molecule has 1 aliphatic rings. The van der Waals surface area contributed by atoms with E-state index in [0.717, 1.165) is 22.9 Å². The third-order valence-corrected chi connectivity index (χ3v) is 4.93. The number of rotatable bonds is 3. The van der Waals surface area contributed by atoms with Crippen molar-refractivity contribution in [3.05, 3.63) is 33.8 Å². The first-order chi connectivity index (χ1) is 8.59. The lowest BCUT2D eigenvalue weighted by Gasteiger charge is -2.37. The Kier molecular flexibility index (Phi) is 4.44. The normalized spacial score (nSPS) is 20.7. The molecule has 2 N–H and O–H groups in total. The molecule has 1 nitrogen and oxygen atoms in total. The summed E-state index contributed by atoms with van der Waals surface area (Å²) < 4.78 is 14.3. The van der Waals surface area contributed by atoms with Crippen molar-refractivity contribution in [1.29, 1.82) is 0 Å². The summed E-state index contributed by atoms with van der Waals surface area (Å²) in [5, 5.41) is 0. The van der Waals surface area contributed by atoms with Crippen LogP contribution in [0.4, 0.5) is 4.39 Å². The highest BCUT2D eigenvalue weighted by Gasteiger charge is 2.32. The summed E-state index contributed by atoms with van der Waals surface area (Å²) in [5.41, 5.74) is 8.13. The molecule has 0 radical (unpaired) electrons. The molecule has 1 aromatic rings. The van der Waals surface area contributed by atoms with E-state index in [1.165, 1.54) is 24.8 Å². The van der Waals surface area contributed by atoms with Gasteiger partial charge in [0.15, 0.2) is 0 Å². The van der Waals surface area contributed by atoms with E-state index in [1.54, 1.807) is 6.92 Å². The van der Waals surface area contributed by atoms with Crippen LogP contribution in [0.15, 0.2) is 22.7 Å². The second-order valence-electron chi connectivity index (χ2n) is 5.40. The Balaban J connectivity index is 2.34. The number of halogens is 2. The van der Waals surface area contributed by atoms with Crippen LogP contribution in [0.2, 0.25) is 0 Å². The molecule has 3 heteroatoms. The fourth-order valence-corrected chi connectivity index (χ4v) is 3.71. The molecule has 18 heavy (non-hydrogen) atoms. The van der Waals surface area contributed by atoms with E-state index in [-0.39, 0.29) is 5.41 Å². The topological polar surface area (TPSA) is 26.0 Å². The Morgan fingerprint density at radius 2 is 2.00 bits per heavy atom. The third kappa shape index (κ3) is 2.62. The smallest absolute Gasteiger partial charge is 0.123 e. The van der Waals surface area contributed by atoms with Gasteiger partial charge in [0, 0.05) is 16.4 Å². The van der Waals surface area contributed by atoms with Crippen LogP contribution in [0.1, 0.15) is 56.3 Å². The second-order valence-corrected chi connectivity index (χ2v) is 6.25. The third-order valence-electron chi connectivity index (χ3n) is 4.24. The Morgan fingerprint density at radius 1 is 1.33 bits per heavy atom. The first-order valence-corrected chi connectivity index (χ1v) is 7.52. The molecule has 1 atom stereocenters. The Hall–Kier alpha value is -0.410. The van der Waals surface area contributed by atoms with Gasteiger partial charge in [0.1, 0.15) is 6.17 Å². The van der Waals surface area contributed by atoms with E-state index < -0.39 is 6.17 Å². The minimum atomic E-state index is -0.936. The van der Waals surface area contributed by atoms with Crippen LogP contribution in [0, 0.1) is 0 Å². The lowest BCUT2D eigenvalue weighted by Crippen LogP contribution is -2.37.